The minimum absolute atomic E-state index is 0.211. The largest absolute Gasteiger partial charge is 0.301 e. The van der Waals surface area contributed by atoms with Crippen LogP contribution in [0.15, 0.2) is 65.8 Å². The van der Waals surface area contributed by atoms with Gasteiger partial charge in [-0.05, 0) is 42.0 Å². The van der Waals surface area contributed by atoms with E-state index in [1.165, 1.54) is 18.3 Å². The first-order valence-electron chi connectivity index (χ1n) is 7.09. The van der Waals surface area contributed by atoms with Crippen LogP contribution in [-0.2, 0) is 9.84 Å². The van der Waals surface area contributed by atoms with Crippen LogP contribution in [-0.4, -0.2) is 24.2 Å². The summed E-state index contributed by atoms with van der Waals surface area (Å²) >= 11 is 5.83. The van der Waals surface area contributed by atoms with Gasteiger partial charge in [0.1, 0.15) is 0 Å². The Morgan fingerprint density at radius 3 is 2.29 bits per heavy atom. The van der Waals surface area contributed by atoms with Crippen molar-refractivity contribution >= 4 is 21.4 Å². The number of benzene rings is 2. The molecule has 1 aromatic heterocycles. The van der Waals surface area contributed by atoms with Crippen LogP contribution in [0.25, 0.3) is 5.69 Å². The van der Waals surface area contributed by atoms with E-state index >= 15 is 0 Å². The van der Waals surface area contributed by atoms with Gasteiger partial charge in [-0.25, -0.2) is 17.8 Å². The van der Waals surface area contributed by atoms with E-state index in [0.717, 1.165) is 6.26 Å². The molecule has 0 saturated heterocycles. The topological polar surface area (TPSA) is 52.0 Å². The molecule has 0 fully saturated rings. The molecule has 2 aromatic carbocycles. The van der Waals surface area contributed by atoms with Gasteiger partial charge < -0.3 is 4.57 Å². The van der Waals surface area contributed by atoms with E-state index in [0.29, 0.717) is 16.3 Å². The molecule has 0 saturated carbocycles. The fraction of sp³-hybridized carbons (Fsp3) is 0.118. The molecule has 0 aliphatic carbocycles. The van der Waals surface area contributed by atoms with E-state index in [9.17, 15) is 12.8 Å². The molecule has 0 aliphatic rings. The molecule has 24 heavy (non-hydrogen) atoms. The molecule has 1 heterocycles. The van der Waals surface area contributed by atoms with E-state index in [4.69, 9.17) is 11.6 Å². The molecule has 3 rings (SSSR count). The molecular formula is C17H14ClFN2O2S. The summed E-state index contributed by atoms with van der Waals surface area (Å²) in [6, 6.07) is 12.7. The maximum Gasteiger partial charge on any atom is 0.183 e. The number of rotatable bonds is 4. The molecule has 3 aromatic rings. The number of aromatic nitrogens is 2. The lowest BCUT2D eigenvalue weighted by Crippen LogP contribution is -2.05. The lowest BCUT2D eigenvalue weighted by molar-refractivity contribution is 0.380. The Balaban J connectivity index is 1.97. The average molecular weight is 365 g/mol. The SMILES string of the molecule is CS(=O)(=O)c1ccc(-n2ccnc2C(F)c2ccc(Cl)cc2)cc1. The van der Waals surface area contributed by atoms with Gasteiger partial charge in [0.2, 0.25) is 0 Å². The van der Waals surface area contributed by atoms with Crippen LogP contribution in [0.1, 0.15) is 17.6 Å². The Kier molecular flexibility index (Phi) is 4.43. The lowest BCUT2D eigenvalue weighted by atomic mass is 10.1. The predicted molar refractivity (Wildman–Crippen MR) is 91.1 cm³/mol. The summed E-state index contributed by atoms with van der Waals surface area (Å²) in [6.07, 6.45) is 2.85. The van der Waals surface area contributed by atoms with Crippen molar-refractivity contribution in [3.63, 3.8) is 0 Å². The zero-order chi connectivity index (χ0) is 17.3. The molecule has 0 radical (unpaired) electrons. The van der Waals surface area contributed by atoms with Crippen molar-refractivity contribution in [2.24, 2.45) is 0 Å². The van der Waals surface area contributed by atoms with Crippen molar-refractivity contribution in [2.75, 3.05) is 6.26 Å². The monoisotopic (exact) mass is 364 g/mol. The van der Waals surface area contributed by atoms with E-state index in [1.54, 1.807) is 47.2 Å². The van der Waals surface area contributed by atoms with Crippen molar-refractivity contribution in [3.8, 4) is 5.69 Å². The van der Waals surface area contributed by atoms with Crippen LogP contribution >= 0.6 is 11.6 Å². The van der Waals surface area contributed by atoms with Crippen molar-refractivity contribution in [3.05, 3.63) is 77.3 Å². The maximum atomic E-state index is 14.8. The van der Waals surface area contributed by atoms with Crippen LogP contribution in [0.4, 0.5) is 4.39 Å². The van der Waals surface area contributed by atoms with Crippen LogP contribution in [0.5, 0.6) is 0 Å². The normalized spacial score (nSPS) is 13.0. The Labute approximate surface area is 144 Å². The fourth-order valence-electron chi connectivity index (χ4n) is 2.36. The highest BCUT2D eigenvalue weighted by molar-refractivity contribution is 7.90. The van der Waals surface area contributed by atoms with Gasteiger partial charge in [0.05, 0.1) is 4.90 Å². The molecule has 0 bridgehead atoms. The van der Waals surface area contributed by atoms with Crippen molar-refractivity contribution in [2.45, 2.75) is 11.1 Å². The summed E-state index contributed by atoms with van der Waals surface area (Å²) < 4.78 is 39.5. The number of hydrogen-bond acceptors (Lipinski definition) is 3. The van der Waals surface area contributed by atoms with E-state index in [-0.39, 0.29) is 10.7 Å². The maximum absolute atomic E-state index is 14.8. The van der Waals surface area contributed by atoms with E-state index < -0.39 is 16.0 Å². The van der Waals surface area contributed by atoms with Crippen LogP contribution < -0.4 is 0 Å². The first-order chi connectivity index (χ1) is 11.4. The number of sulfone groups is 1. The van der Waals surface area contributed by atoms with Crippen molar-refractivity contribution in [1.82, 2.24) is 9.55 Å². The van der Waals surface area contributed by atoms with E-state index in [2.05, 4.69) is 4.98 Å². The summed E-state index contributed by atoms with van der Waals surface area (Å²) in [5, 5.41) is 0.533. The summed E-state index contributed by atoms with van der Waals surface area (Å²) in [5.41, 5.74) is 1.08. The molecule has 0 amide bonds. The molecular weight excluding hydrogens is 351 g/mol. The molecule has 1 atom stereocenters. The van der Waals surface area contributed by atoms with Gasteiger partial charge in [-0.15, -0.1) is 0 Å². The molecule has 4 nitrogen and oxygen atoms in total. The minimum Gasteiger partial charge on any atom is -0.301 e. The zero-order valence-electron chi connectivity index (χ0n) is 12.7. The third-order valence-corrected chi connectivity index (χ3v) is 4.98. The Morgan fingerprint density at radius 2 is 1.71 bits per heavy atom. The second-order valence-corrected chi connectivity index (χ2v) is 7.79. The number of halogens is 2. The highest BCUT2D eigenvalue weighted by atomic mass is 35.5. The Morgan fingerprint density at radius 1 is 1.08 bits per heavy atom. The highest BCUT2D eigenvalue weighted by Gasteiger charge is 2.19. The van der Waals surface area contributed by atoms with Crippen molar-refractivity contribution in [1.29, 1.82) is 0 Å². The highest BCUT2D eigenvalue weighted by Crippen LogP contribution is 2.28. The third kappa shape index (κ3) is 3.34. The average Bonchev–Trinajstić information content (AvgIpc) is 3.04. The summed E-state index contributed by atoms with van der Waals surface area (Å²) in [4.78, 5) is 4.31. The molecule has 0 N–H and O–H groups in total. The number of imidazole rings is 1. The van der Waals surface area contributed by atoms with Gasteiger partial charge in [0, 0.05) is 29.4 Å². The van der Waals surface area contributed by atoms with Gasteiger partial charge in [-0.1, -0.05) is 23.7 Å². The summed E-state index contributed by atoms with van der Waals surface area (Å²) in [5.74, 6) is 0.212. The first kappa shape index (κ1) is 16.7. The quantitative estimate of drug-likeness (QED) is 0.703. The van der Waals surface area contributed by atoms with Gasteiger partial charge in [0.15, 0.2) is 21.8 Å². The minimum atomic E-state index is -3.27. The van der Waals surface area contributed by atoms with Crippen LogP contribution in [0, 0.1) is 0 Å². The smallest absolute Gasteiger partial charge is 0.183 e. The van der Waals surface area contributed by atoms with Gasteiger partial charge in [-0.2, -0.15) is 0 Å². The second-order valence-electron chi connectivity index (χ2n) is 5.34. The van der Waals surface area contributed by atoms with Crippen LogP contribution in [0.2, 0.25) is 5.02 Å². The standard InChI is InChI=1S/C17H14ClFN2O2S/c1-24(22,23)15-8-6-14(7-9-15)21-11-10-20-17(21)16(19)12-2-4-13(18)5-3-12/h2-11,16H,1H3. The van der Waals surface area contributed by atoms with Gasteiger partial charge >= 0.3 is 0 Å². The van der Waals surface area contributed by atoms with Gasteiger partial charge in [-0.3, -0.25) is 0 Å². The van der Waals surface area contributed by atoms with E-state index in [1.807, 2.05) is 0 Å². The molecule has 0 aliphatic heterocycles. The molecule has 1 unspecified atom stereocenters. The third-order valence-electron chi connectivity index (χ3n) is 3.60. The van der Waals surface area contributed by atoms with Crippen LogP contribution in [0.3, 0.4) is 0 Å². The summed E-state index contributed by atoms with van der Waals surface area (Å²) in [7, 11) is -3.27. The predicted octanol–water partition coefficient (Wildman–Crippen LogP) is 3.99. The lowest BCUT2D eigenvalue weighted by Gasteiger charge is -2.12. The Hall–Kier alpha value is -2.18. The zero-order valence-corrected chi connectivity index (χ0v) is 14.3. The molecule has 124 valence electrons. The Bertz CT molecular complexity index is 951. The second kappa shape index (κ2) is 6.37. The number of hydrogen-bond donors (Lipinski definition) is 0. The fourth-order valence-corrected chi connectivity index (χ4v) is 3.11. The number of alkyl halides is 1. The number of nitrogens with zero attached hydrogens (tertiary/aromatic N) is 2. The summed E-state index contributed by atoms with van der Waals surface area (Å²) in [6.45, 7) is 0. The molecule has 0 spiro atoms. The first-order valence-corrected chi connectivity index (χ1v) is 9.36. The van der Waals surface area contributed by atoms with Crippen molar-refractivity contribution < 1.29 is 12.8 Å². The van der Waals surface area contributed by atoms with Gasteiger partial charge in [0.25, 0.3) is 0 Å². The molecule has 7 heteroatoms.